The molecule has 1 heterocycles. The molecule has 1 saturated carbocycles. The Labute approximate surface area is 232 Å². The molecule has 0 aromatic heterocycles. The molecular formula is C29H47ClFN3O4. The van der Waals surface area contributed by atoms with Gasteiger partial charge in [-0.1, -0.05) is 49.4 Å². The zero-order valence-electron chi connectivity index (χ0n) is 23.1. The lowest BCUT2D eigenvalue weighted by Crippen LogP contribution is -2.57. The van der Waals surface area contributed by atoms with Gasteiger partial charge < -0.3 is 30.5 Å². The van der Waals surface area contributed by atoms with Crippen LogP contribution in [0.5, 0.6) is 0 Å². The zero-order valence-corrected chi connectivity index (χ0v) is 23.8. The molecule has 2 aliphatic rings. The smallest absolute Gasteiger partial charge is 0.317 e. The van der Waals surface area contributed by atoms with Gasteiger partial charge in [-0.3, -0.25) is 0 Å². The number of likely N-dealkylation sites (tertiary alicyclic amines) is 1. The number of carbonyl (C=O) groups excluding carboxylic acids is 1. The van der Waals surface area contributed by atoms with Crippen molar-refractivity contribution < 1.29 is 24.1 Å². The third-order valence-corrected chi connectivity index (χ3v) is 8.78. The molecule has 7 nitrogen and oxygen atoms in total. The molecule has 1 aliphatic heterocycles. The van der Waals surface area contributed by atoms with E-state index in [-0.39, 0.29) is 28.5 Å². The highest BCUT2D eigenvalue weighted by Gasteiger charge is 2.43. The van der Waals surface area contributed by atoms with Gasteiger partial charge in [0.15, 0.2) is 0 Å². The Morgan fingerprint density at radius 1 is 1.21 bits per heavy atom. The third kappa shape index (κ3) is 8.04. The van der Waals surface area contributed by atoms with Gasteiger partial charge in [0.25, 0.3) is 0 Å². The molecule has 0 bridgehead atoms. The fourth-order valence-electron chi connectivity index (χ4n) is 6.30. The Kier molecular flexibility index (Phi) is 12.6. The SMILES string of the molecule is CNC[C@@H](NC(=O)N1CCCC([C@@](O)(CCCCOC)c2cccc(Cl)c2F)C1)[C@@H](O)C1CCCCCC1. The highest BCUT2D eigenvalue weighted by molar-refractivity contribution is 6.30. The summed E-state index contributed by atoms with van der Waals surface area (Å²) in [6.07, 6.45) is 9.04. The summed E-state index contributed by atoms with van der Waals surface area (Å²) < 4.78 is 20.4. The van der Waals surface area contributed by atoms with Crippen LogP contribution in [-0.4, -0.2) is 73.7 Å². The number of benzene rings is 1. The number of amides is 2. The molecule has 0 radical (unpaired) electrons. The first kappa shape index (κ1) is 31.1. The molecule has 1 aromatic carbocycles. The highest BCUT2D eigenvalue weighted by Crippen LogP contribution is 2.42. The number of hydrogen-bond acceptors (Lipinski definition) is 5. The topological polar surface area (TPSA) is 94.1 Å². The Bertz CT molecular complexity index is 870. The van der Waals surface area contributed by atoms with Gasteiger partial charge in [0.05, 0.1) is 22.8 Å². The number of urea groups is 1. The number of carbonyl (C=O) groups is 1. The zero-order chi connectivity index (χ0) is 27.5. The van der Waals surface area contributed by atoms with Gasteiger partial charge in [-0.2, -0.15) is 0 Å². The highest BCUT2D eigenvalue weighted by atomic mass is 35.5. The van der Waals surface area contributed by atoms with Crippen LogP contribution in [0.25, 0.3) is 0 Å². The predicted octanol–water partition coefficient (Wildman–Crippen LogP) is 4.82. The Morgan fingerprint density at radius 3 is 2.63 bits per heavy atom. The Balaban J connectivity index is 1.74. The molecule has 216 valence electrons. The van der Waals surface area contributed by atoms with Gasteiger partial charge in [-0.25, -0.2) is 9.18 Å². The minimum absolute atomic E-state index is 0.0226. The van der Waals surface area contributed by atoms with Crippen molar-refractivity contribution in [2.75, 3.05) is 40.4 Å². The average molecular weight is 556 g/mol. The first-order valence-corrected chi connectivity index (χ1v) is 14.7. The lowest BCUT2D eigenvalue weighted by atomic mass is 9.74. The summed E-state index contributed by atoms with van der Waals surface area (Å²) in [5.74, 6) is -0.786. The molecule has 9 heteroatoms. The van der Waals surface area contributed by atoms with Crippen molar-refractivity contribution in [3.63, 3.8) is 0 Å². The molecule has 1 unspecified atom stereocenters. The molecule has 2 fully saturated rings. The maximum atomic E-state index is 15.2. The summed E-state index contributed by atoms with van der Waals surface area (Å²) in [6.45, 7) is 1.87. The second-order valence-electron chi connectivity index (χ2n) is 11.1. The van der Waals surface area contributed by atoms with Crippen LogP contribution < -0.4 is 10.6 Å². The number of rotatable bonds is 12. The van der Waals surface area contributed by atoms with E-state index >= 15 is 4.39 Å². The molecular weight excluding hydrogens is 509 g/mol. The second kappa shape index (κ2) is 15.4. The Morgan fingerprint density at radius 2 is 1.95 bits per heavy atom. The van der Waals surface area contributed by atoms with Crippen LogP contribution in [0.15, 0.2) is 18.2 Å². The van der Waals surface area contributed by atoms with Gasteiger partial charge >= 0.3 is 6.03 Å². The number of unbranched alkanes of at least 4 members (excludes halogenated alkanes) is 1. The van der Waals surface area contributed by atoms with Gasteiger partial charge in [-0.05, 0) is 64.0 Å². The Hall–Kier alpha value is -1.45. The van der Waals surface area contributed by atoms with E-state index in [9.17, 15) is 15.0 Å². The summed E-state index contributed by atoms with van der Waals surface area (Å²) >= 11 is 6.10. The summed E-state index contributed by atoms with van der Waals surface area (Å²) in [7, 11) is 3.45. The molecule has 3 rings (SSSR count). The van der Waals surface area contributed by atoms with Crippen molar-refractivity contribution >= 4 is 17.6 Å². The summed E-state index contributed by atoms with van der Waals surface area (Å²) in [5.41, 5.74) is -1.28. The number of hydrogen-bond donors (Lipinski definition) is 4. The van der Waals surface area contributed by atoms with E-state index < -0.39 is 23.6 Å². The molecule has 0 spiro atoms. The largest absolute Gasteiger partial charge is 0.391 e. The number of ether oxygens (including phenoxy) is 1. The standard InChI is InChI=1S/C29H47ClFN3O4/c1-32-19-25(27(35)21-11-5-3-4-6-12-21)33-28(36)34-17-10-13-22(20-34)29(37,16-7-8-18-38-2)23-14-9-15-24(30)26(23)31/h9,14-15,21-22,25,27,32,35,37H,3-8,10-13,16-20H2,1-2H3,(H,33,36)/t22?,25-,27+,29+/m1/s1. The number of likely N-dealkylation sites (N-methyl/N-ethyl adjacent to an activating group) is 1. The fourth-order valence-corrected chi connectivity index (χ4v) is 6.47. The van der Waals surface area contributed by atoms with Crippen molar-refractivity contribution in [1.29, 1.82) is 0 Å². The van der Waals surface area contributed by atoms with Crippen molar-refractivity contribution in [2.45, 2.75) is 88.4 Å². The van der Waals surface area contributed by atoms with E-state index in [0.29, 0.717) is 51.9 Å². The van der Waals surface area contributed by atoms with Crippen LogP contribution in [0.4, 0.5) is 9.18 Å². The number of halogens is 2. The predicted molar refractivity (Wildman–Crippen MR) is 149 cm³/mol. The average Bonchev–Trinajstić information content (AvgIpc) is 3.21. The van der Waals surface area contributed by atoms with Crippen molar-refractivity contribution in [2.24, 2.45) is 11.8 Å². The lowest BCUT2D eigenvalue weighted by Gasteiger charge is -2.43. The van der Waals surface area contributed by atoms with Gasteiger partial charge in [0, 0.05) is 44.8 Å². The van der Waals surface area contributed by atoms with Crippen molar-refractivity contribution in [1.82, 2.24) is 15.5 Å². The summed E-state index contributed by atoms with van der Waals surface area (Å²) in [5, 5.41) is 29.4. The van der Waals surface area contributed by atoms with E-state index in [0.717, 1.165) is 32.1 Å². The van der Waals surface area contributed by atoms with Crippen LogP contribution in [-0.2, 0) is 10.3 Å². The van der Waals surface area contributed by atoms with Crippen LogP contribution in [0.2, 0.25) is 5.02 Å². The molecule has 4 N–H and O–H groups in total. The number of aliphatic hydroxyl groups excluding tert-OH is 1. The van der Waals surface area contributed by atoms with Crippen LogP contribution in [0.1, 0.15) is 76.2 Å². The van der Waals surface area contributed by atoms with Crippen LogP contribution in [0.3, 0.4) is 0 Å². The van der Waals surface area contributed by atoms with Crippen molar-refractivity contribution in [3.05, 3.63) is 34.6 Å². The lowest BCUT2D eigenvalue weighted by molar-refractivity contribution is -0.0590. The number of methoxy groups -OCH3 is 1. The normalized spacial score (nSPS) is 22.4. The number of nitrogens with one attached hydrogen (secondary N) is 2. The maximum absolute atomic E-state index is 15.2. The molecule has 4 atom stereocenters. The third-order valence-electron chi connectivity index (χ3n) is 8.49. The molecule has 2 amide bonds. The minimum Gasteiger partial charge on any atom is -0.391 e. The van der Waals surface area contributed by atoms with E-state index in [1.807, 2.05) is 7.05 Å². The first-order chi connectivity index (χ1) is 18.3. The number of piperidine rings is 1. The van der Waals surface area contributed by atoms with Crippen molar-refractivity contribution in [3.8, 4) is 0 Å². The quantitative estimate of drug-likeness (QED) is 0.219. The van der Waals surface area contributed by atoms with Crippen LogP contribution in [0, 0.1) is 17.7 Å². The number of nitrogens with zero attached hydrogens (tertiary/aromatic N) is 1. The van der Waals surface area contributed by atoms with Gasteiger partial charge in [0.1, 0.15) is 5.82 Å². The second-order valence-corrected chi connectivity index (χ2v) is 11.5. The first-order valence-electron chi connectivity index (χ1n) is 14.4. The molecule has 1 aliphatic carbocycles. The van der Waals surface area contributed by atoms with E-state index in [4.69, 9.17) is 16.3 Å². The monoisotopic (exact) mass is 555 g/mol. The maximum Gasteiger partial charge on any atom is 0.317 e. The molecule has 1 aromatic rings. The number of aliphatic hydroxyl groups is 2. The van der Waals surface area contributed by atoms with Gasteiger partial charge in [-0.15, -0.1) is 0 Å². The van der Waals surface area contributed by atoms with E-state index in [2.05, 4.69) is 10.6 Å². The van der Waals surface area contributed by atoms with Crippen LogP contribution >= 0.6 is 11.6 Å². The minimum atomic E-state index is -1.47. The summed E-state index contributed by atoms with van der Waals surface area (Å²) in [4.78, 5) is 15.2. The molecule has 1 saturated heterocycles. The molecule has 38 heavy (non-hydrogen) atoms. The van der Waals surface area contributed by atoms with E-state index in [1.165, 1.54) is 18.9 Å². The van der Waals surface area contributed by atoms with E-state index in [1.54, 1.807) is 24.1 Å². The fraction of sp³-hybridized carbons (Fsp3) is 0.759. The summed E-state index contributed by atoms with van der Waals surface area (Å²) in [6, 6.07) is 4.08. The van der Waals surface area contributed by atoms with Gasteiger partial charge in [0.2, 0.25) is 0 Å².